The van der Waals surface area contributed by atoms with E-state index in [0.29, 0.717) is 19.6 Å². The summed E-state index contributed by atoms with van der Waals surface area (Å²) in [6, 6.07) is 5.82. The molecule has 0 aliphatic rings. The number of primary amides is 1. The van der Waals surface area contributed by atoms with Crippen LogP contribution in [0.1, 0.15) is 12.0 Å². The van der Waals surface area contributed by atoms with E-state index in [2.05, 4.69) is 21.2 Å². The molecule has 5 heteroatoms. The second kappa shape index (κ2) is 6.50. The van der Waals surface area contributed by atoms with Gasteiger partial charge in [-0.1, -0.05) is 22.0 Å². The van der Waals surface area contributed by atoms with Gasteiger partial charge in [0, 0.05) is 35.8 Å². The fourth-order valence-corrected chi connectivity index (χ4v) is 1.82. The fraction of sp³-hybridized carbons (Fsp3) is 0.364. The highest BCUT2D eigenvalue weighted by Gasteiger charge is 2.06. The van der Waals surface area contributed by atoms with Gasteiger partial charge >= 0.3 is 0 Å². The van der Waals surface area contributed by atoms with Crippen LogP contribution >= 0.6 is 15.9 Å². The molecule has 0 unspecified atom stereocenters. The molecule has 0 radical (unpaired) electrons. The van der Waals surface area contributed by atoms with Crippen LogP contribution in [-0.4, -0.2) is 19.6 Å². The van der Waals surface area contributed by atoms with Crippen LogP contribution in [0.15, 0.2) is 22.7 Å². The predicted molar refractivity (Wildman–Crippen MR) is 67.2 cm³/mol. The zero-order valence-corrected chi connectivity index (χ0v) is 10.7. The van der Waals surface area contributed by atoms with E-state index in [1.807, 2.05) is 18.2 Å². The zero-order valence-electron chi connectivity index (χ0n) is 9.13. The molecule has 4 nitrogen and oxygen atoms in total. The smallest absolute Gasteiger partial charge is 0.219 e. The van der Waals surface area contributed by atoms with Crippen molar-refractivity contribution in [1.82, 2.24) is 0 Å². The lowest BCUT2D eigenvalue weighted by molar-refractivity contribution is -0.117. The maximum absolute atomic E-state index is 10.6. The molecule has 0 heterocycles. The molecule has 1 rings (SSSR count). The van der Waals surface area contributed by atoms with E-state index in [9.17, 15) is 4.79 Å². The second-order valence-corrected chi connectivity index (χ2v) is 4.20. The molecule has 0 atom stereocenters. The number of rotatable bonds is 6. The monoisotopic (exact) mass is 286 g/mol. The van der Waals surface area contributed by atoms with Crippen molar-refractivity contribution in [1.29, 1.82) is 0 Å². The van der Waals surface area contributed by atoms with Gasteiger partial charge in [0.15, 0.2) is 0 Å². The van der Waals surface area contributed by atoms with Crippen LogP contribution in [0.4, 0.5) is 5.69 Å². The summed E-state index contributed by atoms with van der Waals surface area (Å²) >= 11 is 3.46. The van der Waals surface area contributed by atoms with E-state index in [0.717, 1.165) is 15.7 Å². The number of anilines is 1. The van der Waals surface area contributed by atoms with E-state index in [1.54, 1.807) is 7.11 Å². The Balaban J connectivity index is 2.70. The van der Waals surface area contributed by atoms with Crippen LogP contribution in [0.5, 0.6) is 0 Å². The molecule has 88 valence electrons. The Bertz CT molecular complexity index is 369. The molecule has 16 heavy (non-hydrogen) atoms. The zero-order chi connectivity index (χ0) is 12.0. The summed E-state index contributed by atoms with van der Waals surface area (Å²) in [6.07, 6.45) is 0.318. The van der Waals surface area contributed by atoms with Crippen LogP contribution in [0.3, 0.4) is 0 Å². The first-order chi connectivity index (χ1) is 7.65. The molecule has 0 saturated carbocycles. The summed E-state index contributed by atoms with van der Waals surface area (Å²) in [6.45, 7) is 1.04. The van der Waals surface area contributed by atoms with Crippen molar-refractivity contribution in [3.8, 4) is 0 Å². The molecule has 1 aromatic carbocycles. The highest BCUT2D eigenvalue weighted by atomic mass is 79.9. The summed E-state index contributed by atoms with van der Waals surface area (Å²) in [5.74, 6) is -0.309. The van der Waals surface area contributed by atoms with Crippen LogP contribution in [0, 0.1) is 0 Å². The van der Waals surface area contributed by atoms with Gasteiger partial charge in [0.05, 0.1) is 6.61 Å². The largest absolute Gasteiger partial charge is 0.384 e. The van der Waals surface area contributed by atoms with Crippen molar-refractivity contribution < 1.29 is 9.53 Å². The minimum absolute atomic E-state index is 0.309. The highest BCUT2D eigenvalue weighted by Crippen LogP contribution is 2.25. The number of halogens is 1. The van der Waals surface area contributed by atoms with Crippen molar-refractivity contribution in [3.05, 3.63) is 28.2 Å². The third kappa shape index (κ3) is 3.83. The van der Waals surface area contributed by atoms with Gasteiger partial charge in [-0.15, -0.1) is 0 Å². The van der Waals surface area contributed by atoms with Gasteiger partial charge in [-0.25, -0.2) is 0 Å². The maximum Gasteiger partial charge on any atom is 0.219 e. The first-order valence-corrected chi connectivity index (χ1v) is 5.73. The SMILES string of the molecule is COCc1c(Br)cccc1NCCC(N)=O. The lowest BCUT2D eigenvalue weighted by Crippen LogP contribution is -2.16. The Hall–Kier alpha value is -1.07. The Morgan fingerprint density at radius 3 is 2.94 bits per heavy atom. The molecular formula is C11H15BrN2O2. The van der Waals surface area contributed by atoms with Gasteiger partial charge in [0.1, 0.15) is 0 Å². The van der Waals surface area contributed by atoms with E-state index in [4.69, 9.17) is 10.5 Å². The second-order valence-electron chi connectivity index (χ2n) is 3.34. The van der Waals surface area contributed by atoms with Crippen LogP contribution < -0.4 is 11.1 Å². The third-order valence-corrected chi connectivity index (χ3v) is 2.84. The number of carbonyl (C=O) groups excluding carboxylic acids is 1. The number of methoxy groups -OCH3 is 1. The lowest BCUT2D eigenvalue weighted by Gasteiger charge is -2.12. The average Bonchev–Trinajstić information content (AvgIpc) is 2.22. The van der Waals surface area contributed by atoms with Crippen molar-refractivity contribution in [2.45, 2.75) is 13.0 Å². The van der Waals surface area contributed by atoms with Crippen molar-refractivity contribution >= 4 is 27.5 Å². The molecule has 0 spiro atoms. The van der Waals surface area contributed by atoms with Crippen LogP contribution in [0.25, 0.3) is 0 Å². The lowest BCUT2D eigenvalue weighted by atomic mass is 10.2. The molecule has 0 fully saturated rings. The Morgan fingerprint density at radius 1 is 1.56 bits per heavy atom. The number of amides is 1. The summed E-state index contributed by atoms with van der Waals surface area (Å²) in [5, 5.41) is 3.16. The topological polar surface area (TPSA) is 64.3 Å². The molecular weight excluding hydrogens is 272 g/mol. The minimum atomic E-state index is -0.309. The van der Waals surface area contributed by atoms with Gasteiger partial charge in [0.25, 0.3) is 0 Å². The summed E-state index contributed by atoms with van der Waals surface area (Å²) in [7, 11) is 1.65. The Labute approximate surface area is 103 Å². The van der Waals surface area contributed by atoms with Gasteiger partial charge in [0.2, 0.25) is 5.91 Å². The number of nitrogens with one attached hydrogen (secondary N) is 1. The van der Waals surface area contributed by atoms with Gasteiger partial charge in [-0.3, -0.25) is 4.79 Å². The molecule has 1 amide bonds. The third-order valence-electron chi connectivity index (χ3n) is 2.09. The molecule has 0 saturated heterocycles. The van der Waals surface area contributed by atoms with Crippen LogP contribution in [0.2, 0.25) is 0 Å². The first-order valence-electron chi connectivity index (χ1n) is 4.93. The number of nitrogens with two attached hydrogens (primary N) is 1. The molecule has 1 aromatic rings. The Morgan fingerprint density at radius 2 is 2.31 bits per heavy atom. The van der Waals surface area contributed by atoms with Crippen LogP contribution in [-0.2, 0) is 16.1 Å². The van der Waals surface area contributed by atoms with Crippen molar-refractivity contribution in [2.24, 2.45) is 5.73 Å². The van der Waals surface area contributed by atoms with E-state index >= 15 is 0 Å². The van der Waals surface area contributed by atoms with Crippen molar-refractivity contribution in [2.75, 3.05) is 19.0 Å². The maximum atomic E-state index is 10.6. The number of benzene rings is 1. The summed E-state index contributed by atoms with van der Waals surface area (Å²) < 4.78 is 6.10. The Kier molecular flexibility index (Phi) is 5.28. The number of ether oxygens (including phenoxy) is 1. The highest BCUT2D eigenvalue weighted by molar-refractivity contribution is 9.10. The minimum Gasteiger partial charge on any atom is -0.384 e. The number of hydrogen-bond acceptors (Lipinski definition) is 3. The standard InChI is InChI=1S/C11H15BrN2O2/c1-16-7-8-9(12)3-2-4-10(8)14-6-5-11(13)15/h2-4,14H,5-7H2,1H3,(H2,13,15). The molecule has 0 aliphatic carbocycles. The van der Waals surface area contributed by atoms with Gasteiger partial charge < -0.3 is 15.8 Å². The number of carbonyl (C=O) groups is 1. The van der Waals surface area contributed by atoms with E-state index in [1.165, 1.54) is 0 Å². The van der Waals surface area contributed by atoms with E-state index < -0.39 is 0 Å². The first kappa shape index (κ1) is 13.0. The van der Waals surface area contributed by atoms with Crippen molar-refractivity contribution in [3.63, 3.8) is 0 Å². The average molecular weight is 287 g/mol. The summed E-state index contributed by atoms with van der Waals surface area (Å²) in [4.78, 5) is 10.6. The predicted octanol–water partition coefficient (Wildman–Crippen LogP) is 1.88. The molecule has 0 aliphatic heterocycles. The quantitative estimate of drug-likeness (QED) is 0.839. The summed E-state index contributed by atoms with van der Waals surface area (Å²) in [5.41, 5.74) is 7.06. The van der Waals surface area contributed by atoms with E-state index in [-0.39, 0.29) is 5.91 Å². The molecule has 3 N–H and O–H groups in total. The molecule has 0 bridgehead atoms. The fourth-order valence-electron chi connectivity index (χ4n) is 1.34. The number of hydrogen-bond donors (Lipinski definition) is 2. The van der Waals surface area contributed by atoms with Gasteiger partial charge in [-0.05, 0) is 12.1 Å². The van der Waals surface area contributed by atoms with Gasteiger partial charge in [-0.2, -0.15) is 0 Å². The molecule has 0 aromatic heterocycles. The normalized spacial score (nSPS) is 10.1.